The molecule has 1 unspecified atom stereocenters. The summed E-state index contributed by atoms with van der Waals surface area (Å²) in [5.41, 5.74) is 6.70. The Morgan fingerprint density at radius 3 is 2.50 bits per heavy atom. The molecule has 0 aliphatic carbocycles. The molecule has 2 N–H and O–H groups in total. The highest BCUT2D eigenvalue weighted by Crippen LogP contribution is 2.16. The quantitative estimate of drug-likeness (QED) is 0.753. The van der Waals surface area contributed by atoms with Crippen molar-refractivity contribution in [3.8, 4) is 0 Å². The monoisotopic (exact) mass is 268 g/mol. The van der Waals surface area contributed by atoms with Crippen molar-refractivity contribution in [1.29, 1.82) is 0 Å². The third-order valence-electron chi connectivity index (χ3n) is 3.09. The highest BCUT2D eigenvalue weighted by atomic mass is 32.2. The largest absolute Gasteiger partial charge is 0.399 e. The second-order valence-electron chi connectivity index (χ2n) is 4.58. The molecule has 1 saturated heterocycles. The first kappa shape index (κ1) is 12.9. The number of benzene rings is 1. The third kappa shape index (κ3) is 2.64. The topological polar surface area (TPSA) is 80.5 Å². The molecule has 5 nitrogen and oxygen atoms in total. The lowest BCUT2D eigenvalue weighted by Gasteiger charge is -2.33. The van der Waals surface area contributed by atoms with E-state index in [-0.39, 0.29) is 30.0 Å². The smallest absolute Gasteiger partial charge is 0.254 e. The van der Waals surface area contributed by atoms with Crippen LogP contribution in [0, 0.1) is 0 Å². The molecule has 0 radical (unpaired) electrons. The van der Waals surface area contributed by atoms with Crippen molar-refractivity contribution in [3.63, 3.8) is 0 Å². The molecule has 1 aliphatic heterocycles. The minimum Gasteiger partial charge on any atom is -0.399 e. The molecular weight excluding hydrogens is 252 g/mol. The molecular formula is C12H16N2O3S. The summed E-state index contributed by atoms with van der Waals surface area (Å²) >= 11 is 0. The zero-order chi connectivity index (χ0) is 13.3. The molecule has 98 valence electrons. The number of carbonyl (C=O) groups is 1. The Kier molecular flexibility index (Phi) is 3.30. The Labute approximate surface area is 107 Å². The van der Waals surface area contributed by atoms with E-state index in [1.54, 1.807) is 36.1 Å². The fourth-order valence-corrected chi connectivity index (χ4v) is 3.65. The number of anilines is 1. The van der Waals surface area contributed by atoms with Gasteiger partial charge in [0.15, 0.2) is 9.84 Å². The van der Waals surface area contributed by atoms with E-state index in [0.29, 0.717) is 11.3 Å². The van der Waals surface area contributed by atoms with E-state index in [0.717, 1.165) is 0 Å². The summed E-state index contributed by atoms with van der Waals surface area (Å²) in [5, 5.41) is 0. The highest BCUT2D eigenvalue weighted by molar-refractivity contribution is 7.91. The maximum absolute atomic E-state index is 12.2. The van der Waals surface area contributed by atoms with Gasteiger partial charge in [-0.3, -0.25) is 4.79 Å². The van der Waals surface area contributed by atoms with Crippen molar-refractivity contribution < 1.29 is 13.2 Å². The number of nitrogens with two attached hydrogens (primary N) is 1. The van der Waals surface area contributed by atoms with Gasteiger partial charge in [-0.2, -0.15) is 0 Å². The number of hydrogen-bond acceptors (Lipinski definition) is 4. The van der Waals surface area contributed by atoms with E-state index >= 15 is 0 Å². The number of rotatable bonds is 1. The van der Waals surface area contributed by atoms with Gasteiger partial charge in [-0.15, -0.1) is 0 Å². The number of sulfone groups is 1. The Balaban J connectivity index is 2.17. The number of amides is 1. The molecule has 0 bridgehead atoms. The zero-order valence-electron chi connectivity index (χ0n) is 10.2. The number of nitrogens with zero attached hydrogens (tertiary/aromatic N) is 1. The van der Waals surface area contributed by atoms with Gasteiger partial charge in [0.2, 0.25) is 0 Å². The van der Waals surface area contributed by atoms with E-state index in [4.69, 9.17) is 5.73 Å². The molecule has 2 rings (SSSR count). The van der Waals surface area contributed by atoms with Gasteiger partial charge in [0.25, 0.3) is 5.91 Å². The van der Waals surface area contributed by atoms with Gasteiger partial charge in [0, 0.05) is 23.8 Å². The highest BCUT2D eigenvalue weighted by Gasteiger charge is 2.31. The van der Waals surface area contributed by atoms with E-state index in [1.807, 2.05) is 0 Å². The summed E-state index contributed by atoms with van der Waals surface area (Å²) in [4.78, 5) is 13.8. The molecule has 1 aromatic rings. The van der Waals surface area contributed by atoms with Gasteiger partial charge in [0.1, 0.15) is 0 Å². The minimum absolute atomic E-state index is 0.0354. The lowest BCUT2D eigenvalue weighted by Crippen LogP contribution is -2.49. The van der Waals surface area contributed by atoms with E-state index in [9.17, 15) is 13.2 Å². The molecule has 1 aliphatic rings. The van der Waals surface area contributed by atoms with Crippen LogP contribution in [-0.4, -0.2) is 43.3 Å². The summed E-state index contributed by atoms with van der Waals surface area (Å²) in [6, 6.07) is 6.37. The molecule has 1 atom stereocenters. The van der Waals surface area contributed by atoms with Crippen molar-refractivity contribution in [3.05, 3.63) is 29.8 Å². The van der Waals surface area contributed by atoms with Crippen LogP contribution in [0.1, 0.15) is 17.3 Å². The van der Waals surface area contributed by atoms with Crippen LogP contribution in [-0.2, 0) is 9.84 Å². The van der Waals surface area contributed by atoms with Gasteiger partial charge < -0.3 is 10.6 Å². The summed E-state index contributed by atoms with van der Waals surface area (Å²) in [6.45, 7) is 2.01. The van der Waals surface area contributed by atoms with Gasteiger partial charge in [-0.1, -0.05) is 0 Å². The van der Waals surface area contributed by atoms with Gasteiger partial charge in [-0.25, -0.2) is 8.42 Å². The van der Waals surface area contributed by atoms with Crippen LogP contribution in [0.2, 0.25) is 0 Å². The van der Waals surface area contributed by atoms with Gasteiger partial charge in [0.05, 0.1) is 11.5 Å². The third-order valence-corrected chi connectivity index (χ3v) is 4.88. The molecule has 1 aromatic carbocycles. The molecule has 6 heteroatoms. The molecule has 0 saturated carbocycles. The molecule has 1 amide bonds. The Hall–Kier alpha value is -1.56. The van der Waals surface area contributed by atoms with Crippen molar-refractivity contribution in [2.45, 2.75) is 13.0 Å². The fraction of sp³-hybridized carbons (Fsp3) is 0.417. The van der Waals surface area contributed by atoms with Crippen LogP contribution >= 0.6 is 0 Å². The van der Waals surface area contributed by atoms with Crippen LogP contribution in [0.3, 0.4) is 0 Å². The average molecular weight is 268 g/mol. The maximum atomic E-state index is 12.2. The molecule has 1 fully saturated rings. The molecule has 18 heavy (non-hydrogen) atoms. The molecule has 1 heterocycles. The molecule has 0 spiro atoms. The van der Waals surface area contributed by atoms with Crippen LogP contribution in [0.25, 0.3) is 0 Å². The van der Waals surface area contributed by atoms with Crippen LogP contribution in [0.4, 0.5) is 5.69 Å². The second-order valence-corrected chi connectivity index (χ2v) is 6.81. The summed E-state index contributed by atoms with van der Waals surface area (Å²) in [5.74, 6) is -0.0661. The Morgan fingerprint density at radius 1 is 1.33 bits per heavy atom. The Bertz CT molecular complexity index is 551. The predicted octanol–water partition coefficient (Wildman–Crippen LogP) is 0.528. The lowest BCUT2D eigenvalue weighted by atomic mass is 10.1. The number of carbonyl (C=O) groups excluding carboxylic acids is 1. The SMILES string of the molecule is CC1CS(=O)(=O)CCN1C(=O)c1ccc(N)cc1. The van der Waals surface area contributed by atoms with E-state index in [1.165, 1.54) is 0 Å². The van der Waals surface area contributed by atoms with Crippen LogP contribution < -0.4 is 5.73 Å². The predicted molar refractivity (Wildman–Crippen MR) is 70.0 cm³/mol. The first-order valence-corrected chi connectivity index (χ1v) is 7.58. The standard InChI is InChI=1S/C12H16N2O3S/c1-9-8-18(16,17)7-6-14(9)12(15)10-2-4-11(13)5-3-10/h2-5,9H,6-8,13H2,1H3. The minimum atomic E-state index is -3.00. The van der Waals surface area contributed by atoms with Crippen molar-refractivity contribution in [1.82, 2.24) is 4.90 Å². The second kappa shape index (κ2) is 4.61. The van der Waals surface area contributed by atoms with Crippen molar-refractivity contribution in [2.75, 3.05) is 23.8 Å². The summed E-state index contributed by atoms with van der Waals surface area (Å²) < 4.78 is 22.9. The Morgan fingerprint density at radius 2 is 1.94 bits per heavy atom. The summed E-state index contributed by atoms with van der Waals surface area (Å²) in [7, 11) is -3.00. The van der Waals surface area contributed by atoms with Crippen LogP contribution in [0.15, 0.2) is 24.3 Å². The number of nitrogen functional groups attached to an aromatic ring is 1. The maximum Gasteiger partial charge on any atom is 0.254 e. The molecule has 0 aromatic heterocycles. The zero-order valence-corrected chi connectivity index (χ0v) is 11.0. The first-order valence-electron chi connectivity index (χ1n) is 5.76. The van der Waals surface area contributed by atoms with Crippen LogP contribution in [0.5, 0.6) is 0 Å². The number of hydrogen-bond donors (Lipinski definition) is 1. The summed E-state index contributed by atoms with van der Waals surface area (Å²) in [6.07, 6.45) is 0. The van der Waals surface area contributed by atoms with Crippen molar-refractivity contribution >= 4 is 21.4 Å². The van der Waals surface area contributed by atoms with Crippen molar-refractivity contribution in [2.24, 2.45) is 0 Å². The first-order chi connectivity index (χ1) is 8.39. The van der Waals surface area contributed by atoms with E-state index < -0.39 is 9.84 Å². The lowest BCUT2D eigenvalue weighted by molar-refractivity contribution is 0.0712. The average Bonchev–Trinajstić information content (AvgIpc) is 2.28. The van der Waals surface area contributed by atoms with E-state index in [2.05, 4.69) is 0 Å². The van der Waals surface area contributed by atoms with Gasteiger partial charge >= 0.3 is 0 Å². The normalized spacial score (nSPS) is 22.7. The fourth-order valence-electron chi connectivity index (χ4n) is 2.09. The van der Waals surface area contributed by atoms with Gasteiger partial charge in [-0.05, 0) is 31.2 Å².